The zero-order valence-electron chi connectivity index (χ0n) is 11.7. The highest BCUT2D eigenvalue weighted by molar-refractivity contribution is 7.12. The lowest BCUT2D eigenvalue weighted by atomic mass is 10.1. The van der Waals surface area contributed by atoms with Gasteiger partial charge in [-0.05, 0) is 23.9 Å². The van der Waals surface area contributed by atoms with Crippen LogP contribution in [0.4, 0.5) is 4.79 Å². The summed E-state index contributed by atoms with van der Waals surface area (Å²) >= 11 is 1.41. The van der Waals surface area contributed by atoms with Crippen molar-refractivity contribution in [1.29, 1.82) is 0 Å². The zero-order valence-corrected chi connectivity index (χ0v) is 12.6. The van der Waals surface area contributed by atoms with Crippen molar-refractivity contribution in [2.75, 3.05) is 0 Å². The van der Waals surface area contributed by atoms with Gasteiger partial charge < -0.3 is 10.1 Å². The Hall–Kier alpha value is -2.14. The third-order valence-electron chi connectivity index (χ3n) is 2.86. The van der Waals surface area contributed by atoms with E-state index >= 15 is 0 Å². The van der Waals surface area contributed by atoms with E-state index in [-0.39, 0.29) is 24.9 Å². The van der Waals surface area contributed by atoms with Crippen LogP contribution in [0.15, 0.2) is 47.8 Å². The van der Waals surface area contributed by atoms with Crippen molar-refractivity contribution in [3.8, 4) is 0 Å². The summed E-state index contributed by atoms with van der Waals surface area (Å²) in [4.78, 5) is 24.3. The molecule has 0 saturated heterocycles. The summed E-state index contributed by atoms with van der Waals surface area (Å²) in [5, 5.41) is 4.53. The van der Waals surface area contributed by atoms with Crippen molar-refractivity contribution in [3.63, 3.8) is 0 Å². The van der Waals surface area contributed by atoms with E-state index in [1.54, 1.807) is 13.0 Å². The minimum Gasteiger partial charge on any atom is -0.445 e. The highest BCUT2D eigenvalue weighted by atomic mass is 32.1. The minimum atomic E-state index is -0.509. The van der Waals surface area contributed by atoms with E-state index in [9.17, 15) is 9.59 Å². The Bertz CT molecular complexity index is 581. The molecule has 0 aliphatic carbocycles. The summed E-state index contributed by atoms with van der Waals surface area (Å²) < 4.78 is 5.11. The van der Waals surface area contributed by atoms with Gasteiger partial charge in [-0.25, -0.2) is 4.79 Å². The van der Waals surface area contributed by atoms with Gasteiger partial charge in [-0.3, -0.25) is 4.79 Å². The maximum absolute atomic E-state index is 11.9. The van der Waals surface area contributed by atoms with Crippen LogP contribution < -0.4 is 5.32 Å². The van der Waals surface area contributed by atoms with Crippen molar-refractivity contribution >= 4 is 23.2 Å². The predicted molar refractivity (Wildman–Crippen MR) is 82.5 cm³/mol. The van der Waals surface area contributed by atoms with Crippen LogP contribution in [-0.2, 0) is 11.3 Å². The molecule has 4 nitrogen and oxygen atoms in total. The van der Waals surface area contributed by atoms with Gasteiger partial charge in [0.05, 0.1) is 4.88 Å². The second-order valence-electron chi connectivity index (χ2n) is 4.71. The number of Topliss-reactive ketones (excluding diaryl/α,β-unsaturated/α-hetero) is 1. The van der Waals surface area contributed by atoms with Crippen LogP contribution in [0.3, 0.4) is 0 Å². The van der Waals surface area contributed by atoms with E-state index < -0.39 is 6.09 Å². The normalized spacial score (nSPS) is 11.7. The molecule has 2 aromatic rings. The second kappa shape index (κ2) is 7.59. The number of ketones is 1. The van der Waals surface area contributed by atoms with Gasteiger partial charge in [-0.1, -0.05) is 36.4 Å². The second-order valence-corrected chi connectivity index (χ2v) is 5.66. The van der Waals surface area contributed by atoms with E-state index in [1.165, 1.54) is 11.3 Å². The molecule has 1 aromatic carbocycles. The number of ether oxygens (including phenoxy) is 1. The fraction of sp³-hybridized carbons (Fsp3) is 0.250. The molecule has 1 heterocycles. The van der Waals surface area contributed by atoms with Crippen molar-refractivity contribution in [3.05, 3.63) is 58.3 Å². The summed E-state index contributed by atoms with van der Waals surface area (Å²) in [5.41, 5.74) is 0.926. The Morgan fingerprint density at radius 1 is 1.19 bits per heavy atom. The zero-order chi connectivity index (χ0) is 15.1. The number of thiophene rings is 1. The largest absolute Gasteiger partial charge is 0.445 e. The molecule has 1 aromatic heterocycles. The summed E-state index contributed by atoms with van der Waals surface area (Å²) in [6, 6.07) is 12.8. The molecule has 0 saturated carbocycles. The number of hydrogen-bond donors (Lipinski definition) is 1. The van der Waals surface area contributed by atoms with Crippen LogP contribution >= 0.6 is 11.3 Å². The van der Waals surface area contributed by atoms with Crippen molar-refractivity contribution < 1.29 is 14.3 Å². The number of alkyl carbamates (subject to hydrolysis) is 1. The topological polar surface area (TPSA) is 55.4 Å². The van der Waals surface area contributed by atoms with E-state index in [0.717, 1.165) is 5.56 Å². The van der Waals surface area contributed by atoms with Gasteiger partial charge in [0, 0.05) is 12.5 Å². The molecule has 2 rings (SSSR count). The average molecular weight is 303 g/mol. The molecule has 0 radical (unpaired) electrons. The Labute approximate surface area is 127 Å². The molecule has 110 valence electrons. The first kappa shape index (κ1) is 15.3. The number of rotatable bonds is 6. The fourth-order valence-corrected chi connectivity index (χ4v) is 2.51. The number of carbonyl (C=O) groups excluding carboxylic acids is 2. The SMILES string of the molecule is CC(CC(=O)c1cccs1)NC(=O)OCc1ccccc1. The molecule has 0 spiro atoms. The average Bonchev–Trinajstić information content (AvgIpc) is 3.00. The molecule has 0 bridgehead atoms. The van der Waals surface area contributed by atoms with Gasteiger partial charge in [-0.15, -0.1) is 11.3 Å². The lowest BCUT2D eigenvalue weighted by Gasteiger charge is -2.13. The molecule has 0 fully saturated rings. The van der Waals surface area contributed by atoms with Crippen molar-refractivity contribution in [2.45, 2.75) is 26.0 Å². The van der Waals surface area contributed by atoms with Crippen LogP contribution in [0, 0.1) is 0 Å². The summed E-state index contributed by atoms with van der Waals surface area (Å²) in [7, 11) is 0. The lowest BCUT2D eigenvalue weighted by Crippen LogP contribution is -2.34. The minimum absolute atomic E-state index is 0.0286. The van der Waals surface area contributed by atoms with Crippen LogP contribution in [0.1, 0.15) is 28.6 Å². The molecule has 1 unspecified atom stereocenters. The Morgan fingerprint density at radius 2 is 1.95 bits per heavy atom. The first-order valence-electron chi connectivity index (χ1n) is 6.69. The monoisotopic (exact) mass is 303 g/mol. The van der Waals surface area contributed by atoms with Crippen LogP contribution in [-0.4, -0.2) is 17.9 Å². The van der Waals surface area contributed by atoms with Gasteiger partial charge in [0.2, 0.25) is 0 Å². The number of benzene rings is 1. The van der Waals surface area contributed by atoms with Gasteiger partial charge in [0.1, 0.15) is 6.61 Å². The molecule has 1 amide bonds. The van der Waals surface area contributed by atoms with Gasteiger partial charge >= 0.3 is 6.09 Å². The van der Waals surface area contributed by atoms with E-state index in [4.69, 9.17) is 4.74 Å². The fourth-order valence-electron chi connectivity index (χ4n) is 1.83. The molecular formula is C16H17NO3S. The smallest absolute Gasteiger partial charge is 0.407 e. The van der Waals surface area contributed by atoms with Crippen molar-refractivity contribution in [1.82, 2.24) is 5.32 Å². The molecule has 1 atom stereocenters. The first-order valence-corrected chi connectivity index (χ1v) is 7.57. The van der Waals surface area contributed by atoms with Gasteiger partial charge in [-0.2, -0.15) is 0 Å². The Morgan fingerprint density at radius 3 is 2.62 bits per heavy atom. The number of hydrogen-bond acceptors (Lipinski definition) is 4. The first-order chi connectivity index (χ1) is 10.1. The van der Waals surface area contributed by atoms with Crippen molar-refractivity contribution in [2.24, 2.45) is 0 Å². The van der Waals surface area contributed by atoms with Crippen LogP contribution in [0.25, 0.3) is 0 Å². The molecule has 5 heteroatoms. The summed E-state index contributed by atoms with van der Waals surface area (Å²) in [6.45, 7) is 2.01. The van der Waals surface area contributed by atoms with Crippen LogP contribution in [0.2, 0.25) is 0 Å². The van der Waals surface area contributed by atoms with Gasteiger partial charge in [0.25, 0.3) is 0 Å². The summed E-state index contributed by atoms with van der Waals surface area (Å²) in [5.74, 6) is 0.0286. The highest BCUT2D eigenvalue weighted by Gasteiger charge is 2.14. The molecule has 21 heavy (non-hydrogen) atoms. The van der Waals surface area contributed by atoms with Gasteiger partial charge in [0.15, 0.2) is 5.78 Å². The maximum Gasteiger partial charge on any atom is 0.407 e. The molecule has 0 aliphatic heterocycles. The Balaban J connectivity index is 1.73. The highest BCUT2D eigenvalue weighted by Crippen LogP contribution is 2.12. The lowest BCUT2D eigenvalue weighted by molar-refractivity contribution is 0.0970. The molecule has 1 N–H and O–H groups in total. The third kappa shape index (κ3) is 5.04. The predicted octanol–water partition coefficient (Wildman–Crippen LogP) is 3.64. The maximum atomic E-state index is 11.9. The number of nitrogens with one attached hydrogen (secondary N) is 1. The van der Waals surface area contributed by atoms with E-state index in [0.29, 0.717) is 4.88 Å². The Kier molecular flexibility index (Phi) is 5.51. The molecule has 0 aliphatic rings. The molecular weight excluding hydrogens is 286 g/mol. The summed E-state index contributed by atoms with van der Waals surface area (Å²) in [6.07, 6.45) is -0.244. The third-order valence-corrected chi connectivity index (χ3v) is 3.78. The van der Waals surface area contributed by atoms with Crippen LogP contribution in [0.5, 0.6) is 0 Å². The van der Waals surface area contributed by atoms with E-state index in [1.807, 2.05) is 41.8 Å². The standard InChI is InChI=1S/C16H17NO3S/c1-12(10-14(18)15-8-5-9-21-15)17-16(19)20-11-13-6-3-2-4-7-13/h2-9,12H,10-11H2,1H3,(H,17,19). The quantitative estimate of drug-likeness (QED) is 0.829. The van der Waals surface area contributed by atoms with E-state index in [2.05, 4.69) is 5.32 Å². The number of amides is 1. The number of carbonyl (C=O) groups is 2.